The molecule has 7 atom stereocenters. The van der Waals surface area contributed by atoms with E-state index in [9.17, 15) is 14.4 Å². The SMILES string of the molecule is CCCCOc1ccc(OC(=O)[C@H](Cc2ccccc2)N2C(=O)[C@@H]3[C@@H]4C=C[C@H]([C@H]5C[C@H]45)[C@@H]3C2=O)cc1. The Balaban J connectivity index is 1.24. The molecule has 2 saturated carbocycles. The number of likely N-dealkylation sites (tertiary alicyclic amines) is 1. The third-order valence-electron chi connectivity index (χ3n) is 8.36. The first kappa shape index (κ1) is 23.0. The maximum atomic E-state index is 13.7. The summed E-state index contributed by atoms with van der Waals surface area (Å²) in [6.45, 7) is 2.74. The lowest BCUT2D eigenvalue weighted by Gasteiger charge is -2.37. The average Bonchev–Trinajstić information content (AvgIpc) is 3.68. The van der Waals surface area contributed by atoms with E-state index in [1.807, 2.05) is 30.3 Å². The number of rotatable bonds is 9. The van der Waals surface area contributed by atoms with Gasteiger partial charge in [-0.2, -0.15) is 0 Å². The lowest BCUT2D eigenvalue weighted by Crippen LogP contribution is -2.48. The number of ether oxygens (including phenoxy) is 2. The highest BCUT2D eigenvalue weighted by Gasteiger charge is 2.68. The molecule has 1 aliphatic heterocycles. The fourth-order valence-electron chi connectivity index (χ4n) is 6.53. The quantitative estimate of drug-likeness (QED) is 0.173. The van der Waals surface area contributed by atoms with Crippen LogP contribution in [0.25, 0.3) is 0 Å². The highest BCUT2D eigenvalue weighted by Crippen LogP contribution is 2.65. The van der Waals surface area contributed by atoms with Gasteiger partial charge < -0.3 is 9.47 Å². The molecule has 6 heteroatoms. The normalized spacial score (nSPS) is 30.1. The number of carbonyl (C=O) groups is 3. The van der Waals surface area contributed by atoms with Crippen LogP contribution in [0.4, 0.5) is 0 Å². The van der Waals surface area contributed by atoms with E-state index >= 15 is 0 Å². The number of imide groups is 1. The zero-order valence-electron chi connectivity index (χ0n) is 20.4. The van der Waals surface area contributed by atoms with Gasteiger partial charge in [0, 0.05) is 6.42 Å². The molecule has 7 rings (SSSR count). The van der Waals surface area contributed by atoms with Gasteiger partial charge in [0.2, 0.25) is 11.8 Å². The van der Waals surface area contributed by atoms with Crippen molar-refractivity contribution in [3.05, 3.63) is 72.3 Å². The van der Waals surface area contributed by atoms with Crippen molar-refractivity contribution in [2.24, 2.45) is 35.5 Å². The second kappa shape index (κ2) is 9.23. The zero-order valence-corrected chi connectivity index (χ0v) is 20.4. The molecule has 0 aromatic heterocycles. The van der Waals surface area contributed by atoms with Crippen LogP contribution in [0.3, 0.4) is 0 Å². The number of unbranched alkanes of at least 4 members (excludes halogenated alkanes) is 1. The second-order valence-corrected chi connectivity index (χ2v) is 10.5. The van der Waals surface area contributed by atoms with Crippen molar-refractivity contribution in [3.63, 3.8) is 0 Å². The van der Waals surface area contributed by atoms with Crippen molar-refractivity contribution in [3.8, 4) is 11.5 Å². The van der Waals surface area contributed by atoms with Gasteiger partial charge in [-0.15, -0.1) is 0 Å². The van der Waals surface area contributed by atoms with E-state index in [-0.39, 0.29) is 41.9 Å². The molecular formula is C30H31NO5. The smallest absolute Gasteiger partial charge is 0.335 e. The summed E-state index contributed by atoms with van der Waals surface area (Å²) in [5.74, 6) is 0.596. The Morgan fingerprint density at radius 1 is 0.917 bits per heavy atom. The molecule has 2 aromatic carbocycles. The van der Waals surface area contributed by atoms with Gasteiger partial charge in [0.15, 0.2) is 0 Å². The summed E-state index contributed by atoms with van der Waals surface area (Å²) in [5, 5.41) is 0. The Bertz CT molecular complexity index is 1150. The fraction of sp³-hybridized carbons (Fsp3) is 0.433. The molecule has 1 saturated heterocycles. The highest BCUT2D eigenvalue weighted by molar-refractivity contribution is 6.09. The van der Waals surface area contributed by atoms with E-state index in [2.05, 4.69) is 19.1 Å². The van der Waals surface area contributed by atoms with Crippen LogP contribution in [-0.2, 0) is 20.8 Å². The maximum absolute atomic E-state index is 13.7. The van der Waals surface area contributed by atoms with Gasteiger partial charge in [0.1, 0.15) is 17.5 Å². The molecule has 2 amide bonds. The summed E-state index contributed by atoms with van der Waals surface area (Å²) in [7, 11) is 0. The summed E-state index contributed by atoms with van der Waals surface area (Å²) < 4.78 is 11.4. The van der Waals surface area contributed by atoms with Crippen LogP contribution in [0, 0.1) is 35.5 Å². The first-order chi connectivity index (χ1) is 17.6. The number of benzene rings is 2. The van der Waals surface area contributed by atoms with E-state index in [1.165, 1.54) is 4.90 Å². The fourth-order valence-corrected chi connectivity index (χ4v) is 6.53. The lowest BCUT2D eigenvalue weighted by molar-refractivity contribution is -0.153. The average molecular weight is 486 g/mol. The van der Waals surface area contributed by atoms with Gasteiger partial charge in [-0.3, -0.25) is 14.5 Å². The highest BCUT2D eigenvalue weighted by atomic mass is 16.5. The monoisotopic (exact) mass is 485 g/mol. The standard InChI is InChI=1S/C30H31NO5/c1-2-3-15-35-19-9-11-20(12-10-19)36-30(34)25(16-18-7-5-4-6-8-18)31-28(32)26-21-13-14-22(24-17-23(21)24)27(26)29(31)33/h4-14,21-27H,2-3,15-17H2,1H3/t21-,22-,23-,24-,25+,26-,27+/m1/s1. The van der Waals surface area contributed by atoms with Gasteiger partial charge in [-0.25, -0.2) is 4.79 Å². The molecule has 186 valence electrons. The molecule has 2 bridgehead atoms. The summed E-state index contributed by atoms with van der Waals surface area (Å²) in [6.07, 6.45) is 7.63. The van der Waals surface area contributed by atoms with Crippen molar-refractivity contribution < 1.29 is 23.9 Å². The van der Waals surface area contributed by atoms with Crippen molar-refractivity contribution in [2.75, 3.05) is 6.61 Å². The van der Waals surface area contributed by atoms with E-state index in [4.69, 9.17) is 9.47 Å². The molecule has 2 aromatic rings. The van der Waals surface area contributed by atoms with Crippen molar-refractivity contribution in [1.82, 2.24) is 4.90 Å². The Morgan fingerprint density at radius 2 is 1.53 bits per heavy atom. The van der Waals surface area contributed by atoms with Gasteiger partial charge in [-0.1, -0.05) is 55.8 Å². The predicted molar refractivity (Wildman–Crippen MR) is 133 cm³/mol. The first-order valence-corrected chi connectivity index (χ1v) is 13.1. The van der Waals surface area contributed by atoms with Crippen molar-refractivity contribution >= 4 is 17.8 Å². The van der Waals surface area contributed by atoms with Crippen LogP contribution in [0.1, 0.15) is 31.7 Å². The van der Waals surface area contributed by atoms with Crippen LogP contribution >= 0.6 is 0 Å². The van der Waals surface area contributed by atoms with Gasteiger partial charge >= 0.3 is 5.97 Å². The lowest BCUT2D eigenvalue weighted by atomic mass is 9.63. The van der Waals surface area contributed by atoms with Crippen molar-refractivity contribution in [1.29, 1.82) is 0 Å². The van der Waals surface area contributed by atoms with Gasteiger partial charge in [-0.05, 0) is 66.3 Å². The summed E-state index contributed by atoms with van der Waals surface area (Å²) in [6, 6.07) is 15.4. The number of hydrogen-bond acceptors (Lipinski definition) is 5. The summed E-state index contributed by atoms with van der Waals surface area (Å²) >= 11 is 0. The summed E-state index contributed by atoms with van der Waals surface area (Å²) in [5.41, 5.74) is 0.874. The number of hydrogen-bond donors (Lipinski definition) is 0. The topological polar surface area (TPSA) is 72.9 Å². The maximum Gasteiger partial charge on any atom is 0.335 e. The van der Waals surface area contributed by atoms with Crippen LogP contribution in [0.5, 0.6) is 11.5 Å². The molecule has 3 fully saturated rings. The number of carbonyl (C=O) groups excluding carboxylic acids is 3. The molecule has 36 heavy (non-hydrogen) atoms. The molecule has 0 spiro atoms. The minimum atomic E-state index is -1.01. The molecular weight excluding hydrogens is 454 g/mol. The molecule has 0 unspecified atom stereocenters. The second-order valence-electron chi connectivity index (χ2n) is 10.5. The number of esters is 1. The predicted octanol–water partition coefficient (Wildman–Crippen LogP) is 4.44. The number of nitrogens with zero attached hydrogens (tertiary/aromatic N) is 1. The third-order valence-corrected chi connectivity index (χ3v) is 8.36. The van der Waals surface area contributed by atoms with Crippen molar-refractivity contribution in [2.45, 2.75) is 38.6 Å². The van der Waals surface area contributed by atoms with Gasteiger partial charge in [0.25, 0.3) is 0 Å². The Hall–Kier alpha value is -3.41. The van der Waals surface area contributed by atoms with Crippen LogP contribution in [0.15, 0.2) is 66.7 Å². The van der Waals surface area contributed by atoms with Crippen LogP contribution < -0.4 is 9.47 Å². The first-order valence-electron chi connectivity index (χ1n) is 13.1. The minimum absolute atomic E-state index is 0.111. The number of amides is 2. The Kier molecular flexibility index (Phi) is 5.90. The molecule has 6 nitrogen and oxygen atoms in total. The molecule has 4 aliphatic carbocycles. The Morgan fingerprint density at radius 3 is 2.14 bits per heavy atom. The van der Waals surface area contributed by atoms with E-state index < -0.39 is 12.0 Å². The van der Waals surface area contributed by atoms with Gasteiger partial charge in [0.05, 0.1) is 18.4 Å². The summed E-state index contributed by atoms with van der Waals surface area (Å²) in [4.78, 5) is 42.2. The van der Waals surface area contributed by atoms with Crippen LogP contribution in [-0.4, -0.2) is 35.3 Å². The largest absolute Gasteiger partial charge is 0.494 e. The zero-order chi connectivity index (χ0) is 24.8. The molecule has 5 aliphatic rings. The van der Waals surface area contributed by atoms with E-state index in [1.54, 1.807) is 24.3 Å². The van der Waals surface area contributed by atoms with E-state index in [0.29, 0.717) is 29.9 Å². The number of allylic oxidation sites excluding steroid dienone is 2. The molecule has 0 N–H and O–H groups in total. The third kappa shape index (κ3) is 3.93. The van der Waals surface area contributed by atoms with Crippen LogP contribution in [0.2, 0.25) is 0 Å². The molecule has 0 radical (unpaired) electrons. The Labute approximate surface area is 211 Å². The molecule has 1 heterocycles. The minimum Gasteiger partial charge on any atom is -0.494 e. The van der Waals surface area contributed by atoms with E-state index in [0.717, 1.165) is 24.8 Å².